The van der Waals surface area contributed by atoms with Gasteiger partial charge in [0, 0.05) is 30.4 Å². The molecule has 0 fully saturated rings. The van der Waals surface area contributed by atoms with Crippen LogP contribution in [0.25, 0.3) is 0 Å². The number of benzene rings is 1. The maximum atomic E-state index is 12.5. The molecule has 1 rings (SSSR count). The van der Waals surface area contributed by atoms with Gasteiger partial charge in [-0.05, 0) is 31.5 Å². The zero-order chi connectivity index (χ0) is 16.0. The quantitative estimate of drug-likeness (QED) is 0.815. The molecule has 1 aromatic carbocycles. The van der Waals surface area contributed by atoms with E-state index in [2.05, 4.69) is 0 Å². The van der Waals surface area contributed by atoms with Gasteiger partial charge in [0.05, 0.1) is 5.75 Å². The Labute approximate surface area is 139 Å². The lowest BCUT2D eigenvalue weighted by molar-refractivity contribution is 0.0719. The number of rotatable bonds is 7. The molecular formula is C15H25ClN2O3S. The largest absolute Gasteiger partial charge is 0.335 e. The number of hydrogen-bond donors (Lipinski definition) is 1. The molecule has 5 nitrogen and oxygen atoms in total. The summed E-state index contributed by atoms with van der Waals surface area (Å²) in [5.41, 5.74) is 7.04. The average molecular weight is 349 g/mol. The second kappa shape index (κ2) is 9.12. The summed E-state index contributed by atoms with van der Waals surface area (Å²) in [7, 11) is -3.11. The highest BCUT2D eigenvalue weighted by molar-refractivity contribution is 7.91. The normalized spacial score (nSPS) is 12.4. The summed E-state index contributed by atoms with van der Waals surface area (Å²) in [5.74, 6) is -0.0713. The summed E-state index contributed by atoms with van der Waals surface area (Å²) in [4.78, 5) is 14.1. The summed E-state index contributed by atoms with van der Waals surface area (Å²) >= 11 is 0. The summed E-state index contributed by atoms with van der Waals surface area (Å²) in [6.45, 7) is 6.13. The van der Waals surface area contributed by atoms with E-state index in [4.69, 9.17) is 5.73 Å². The first-order valence-corrected chi connectivity index (χ1v) is 8.97. The lowest BCUT2D eigenvalue weighted by atomic mass is 10.1. The van der Waals surface area contributed by atoms with Gasteiger partial charge in [-0.1, -0.05) is 19.1 Å². The number of nitrogens with zero attached hydrogens (tertiary/aromatic N) is 1. The number of carbonyl (C=O) groups is 1. The molecule has 0 saturated heterocycles. The molecule has 0 heterocycles. The molecule has 126 valence electrons. The summed E-state index contributed by atoms with van der Waals surface area (Å²) in [5, 5.41) is 0. The van der Waals surface area contributed by atoms with Crippen molar-refractivity contribution in [3.8, 4) is 0 Å². The number of sulfone groups is 1. The van der Waals surface area contributed by atoms with Crippen molar-refractivity contribution < 1.29 is 13.2 Å². The zero-order valence-corrected chi connectivity index (χ0v) is 14.9. The number of amides is 1. The van der Waals surface area contributed by atoms with Crippen LogP contribution in [0.4, 0.5) is 0 Å². The van der Waals surface area contributed by atoms with Crippen LogP contribution < -0.4 is 5.73 Å². The maximum absolute atomic E-state index is 12.5. The Morgan fingerprint density at radius 2 is 1.77 bits per heavy atom. The van der Waals surface area contributed by atoms with Crippen LogP contribution in [-0.4, -0.2) is 43.3 Å². The Morgan fingerprint density at radius 1 is 1.23 bits per heavy atom. The van der Waals surface area contributed by atoms with Crippen LogP contribution in [0.2, 0.25) is 0 Å². The summed E-state index contributed by atoms with van der Waals surface area (Å²) < 4.78 is 23.4. The van der Waals surface area contributed by atoms with Gasteiger partial charge in [0.2, 0.25) is 0 Å². The van der Waals surface area contributed by atoms with Gasteiger partial charge in [-0.25, -0.2) is 8.42 Å². The Kier molecular flexibility index (Phi) is 8.66. The fourth-order valence-electron chi connectivity index (χ4n) is 2.18. The number of nitrogens with two attached hydrogens (primary N) is 1. The van der Waals surface area contributed by atoms with Crippen molar-refractivity contribution in [2.45, 2.75) is 33.4 Å². The molecule has 0 aliphatic rings. The number of halogens is 1. The van der Waals surface area contributed by atoms with Crippen LogP contribution in [0.3, 0.4) is 0 Å². The predicted octanol–water partition coefficient (Wildman–Crippen LogP) is 1.85. The standard InChI is InChI=1S/C15H24N2O3S.ClH/c1-4-17(12(3)11-21(19,20)5-2)15(18)14-8-6-13(10-16)7-9-14;/h6-9,12H,4-5,10-11,16H2,1-3H3;1H. The second-order valence-electron chi connectivity index (χ2n) is 5.04. The molecule has 0 aliphatic heterocycles. The van der Waals surface area contributed by atoms with E-state index >= 15 is 0 Å². The molecule has 7 heteroatoms. The molecule has 0 saturated carbocycles. The number of hydrogen-bond acceptors (Lipinski definition) is 4. The fourth-order valence-corrected chi connectivity index (χ4v) is 3.33. The van der Waals surface area contributed by atoms with Crippen LogP contribution in [0.5, 0.6) is 0 Å². The molecule has 22 heavy (non-hydrogen) atoms. The van der Waals surface area contributed by atoms with Gasteiger partial charge in [-0.3, -0.25) is 4.79 Å². The highest BCUT2D eigenvalue weighted by atomic mass is 35.5. The van der Waals surface area contributed by atoms with Crippen LogP contribution in [-0.2, 0) is 16.4 Å². The zero-order valence-electron chi connectivity index (χ0n) is 13.3. The Bertz CT molecular complexity index is 573. The van der Waals surface area contributed by atoms with Crippen molar-refractivity contribution in [2.24, 2.45) is 5.73 Å². The minimum atomic E-state index is -3.11. The molecule has 0 spiro atoms. The predicted molar refractivity (Wildman–Crippen MR) is 92.1 cm³/mol. The van der Waals surface area contributed by atoms with Crippen LogP contribution in [0.15, 0.2) is 24.3 Å². The molecule has 0 radical (unpaired) electrons. The first-order valence-electron chi connectivity index (χ1n) is 7.15. The van der Waals surface area contributed by atoms with E-state index in [1.54, 1.807) is 30.9 Å². The SMILES string of the molecule is CCN(C(=O)c1ccc(CN)cc1)C(C)CS(=O)(=O)CC.Cl. The molecule has 2 N–H and O–H groups in total. The fraction of sp³-hybridized carbons (Fsp3) is 0.533. The van der Waals surface area contributed by atoms with Gasteiger partial charge < -0.3 is 10.6 Å². The van der Waals surface area contributed by atoms with Crippen LogP contribution >= 0.6 is 12.4 Å². The third kappa shape index (κ3) is 5.59. The van der Waals surface area contributed by atoms with Crippen molar-refractivity contribution in [3.63, 3.8) is 0 Å². The van der Waals surface area contributed by atoms with Crippen molar-refractivity contribution in [1.29, 1.82) is 0 Å². The van der Waals surface area contributed by atoms with Crippen LogP contribution in [0, 0.1) is 0 Å². The molecule has 1 aromatic rings. The van der Waals surface area contributed by atoms with Gasteiger partial charge in [0.1, 0.15) is 0 Å². The molecule has 1 atom stereocenters. The van der Waals surface area contributed by atoms with Crippen molar-refractivity contribution in [1.82, 2.24) is 4.90 Å². The molecule has 0 bridgehead atoms. The van der Waals surface area contributed by atoms with Crippen molar-refractivity contribution in [3.05, 3.63) is 35.4 Å². The van der Waals surface area contributed by atoms with Gasteiger partial charge in [-0.2, -0.15) is 0 Å². The van der Waals surface area contributed by atoms with Crippen LogP contribution in [0.1, 0.15) is 36.7 Å². The topological polar surface area (TPSA) is 80.5 Å². The Balaban J connectivity index is 0.00000441. The molecule has 0 aromatic heterocycles. The van der Waals surface area contributed by atoms with E-state index in [0.29, 0.717) is 18.7 Å². The second-order valence-corrected chi connectivity index (χ2v) is 7.44. The van der Waals surface area contributed by atoms with Gasteiger partial charge >= 0.3 is 0 Å². The highest BCUT2D eigenvalue weighted by Gasteiger charge is 2.24. The van der Waals surface area contributed by atoms with Gasteiger partial charge in [0.25, 0.3) is 5.91 Å². The molecule has 1 unspecified atom stereocenters. The average Bonchev–Trinajstić information content (AvgIpc) is 2.47. The lowest BCUT2D eigenvalue weighted by Gasteiger charge is -2.28. The minimum Gasteiger partial charge on any atom is -0.335 e. The Hall–Kier alpha value is -1.11. The smallest absolute Gasteiger partial charge is 0.254 e. The van der Waals surface area contributed by atoms with E-state index in [9.17, 15) is 13.2 Å². The molecule has 1 amide bonds. The maximum Gasteiger partial charge on any atom is 0.254 e. The minimum absolute atomic E-state index is 0. The van der Waals surface area contributed by atoms with E-state index in [1.165, 1.54) is 0 Å². The van der Waals surface area contributed by atoms with E-state index in [-0.39, 0.29) is 35.9 Å². The van der Waals surface area contributed by atoms with Crippen molar-refractivity contribution >= 4 is 28.2 Å². The third-order valence-corrected chi connectivity index (χ3v) is 5.38. The molecular weight excluding hydrogens is 324 g/mol. The highest BCUT2D eigenvalue weighted by Crippen LogP contribution is 2.12. The number of carbonyl (C=O) groups excluding carboxylic acids is 1. The van der Waals surface area contributed by atoms with Gasteiger partial charge in [0.15, 0.2) is 9.84 Å². The van der Waals surface area contributed by atoms with Gasteiger partial charge in [-0.15, -0.1) is 12.4 Å². The summed E-state index contributed by atoms with van der Waals surface area (Å²) in [6, 6.07) is 6.74. The first-order chi connectivity index (χ1) is 9.84. The van der Waals surface area contributed by atoms with E-state index in [1.807, 2.05) is 19.1 Å². The molecule has 0 aliphatic carbocycles. The van der Waals surface area contributed by atoms with E-state index < -0.39 is 9.84 Å². The summed E-state index contributed by atoms with van der Waals surface area (Å²) in [6.07, 6.45) is 0. The van der Waals surface area contributed by atoms with Crippen molar-refractivity contribution in [2.75, 3.05) is 18.1 Å². The lowest BCUT2D eigenvalue weighted by Crippen LogP contribution is -2.42. The Morgan fingerprint density at radius 3 is 2.18 bits per heavy atom. The first kappa shape index (κ1) is 20.9. The monoisotopic (exact) mass is 348 g/mol. The van der Waals surface area contributed by atoms with E-state index in [0.717, 1.165) is 5.56 Å². The third-order valence-electron chi connectivity index (χ3n) is 3.51.